The molecule has 126 valence electrons. The lowest BCUT2D eigenvalue weighted by atomic mass is 10.2. The first kappa shape index (κ1) is 18.0. The first-order chi connectivity index (χ1) is 11.4. The van der Waals surface area contributed by atoms with Gasteiger partial charge in [-0.3, -0.25) is 9.59 Å². The molecule has 0 unspecified atom stereocenters. The third-order valence-electron chi connectivity index (χ3n) is 3.41. The van der Waals surface area contributed by atoms with Gasteiger partial charge in [0.25, 0.3) is 0 Å². The van der Waals surface area contributed by atoms with Crippen LogP contribution in [0.5, 0.6) is 5.75 Å². The van der Waals surface area contributed by atoms with Crippen molar-refractivity contribution >= 4 is 39.1 Å². The van der Waals surface area contributed by atoms with Gasteiger partial charge >= 0.3 is 0 Å². The number of aryl methyl sites for hydroxylation is 2. The van der Waals surface area contributed by atoms with Crippen LogP contribution in [0, 0.1) is 13.8 Å². The number of rotatable bonds is 5. The maximum atomic E-state index is 12.1. The van der Waals surface area contributed by atoms with E-state index in [0.29, 0.717) is 17.1 Å². The Hall–Kier alpha value is -2.34. The van der Waals surface area contributed by atoms with Crippen LogP contribution in [0.2, 0.25) is 0 Å². The minimum Gasteiger partial charge on any atom is -0.495 e. The van der Waals surface area contributed by atoms with Crippen LogP contribution in [0.25, 0.3) is 0 Å². The molecule has 0 atom stereocenters. The molecule has 0 saturated heterocycles. The van der Waals surface area contributed by atoms with E-state index in [2.05, 4.69) is 26.6 Å². The summed E-state index contributed by atoms with van der Waals surface area (Å²) >= 11 is 3.41. The summed E-state index contributed by atoms with van der Waals surface area (Å²) in [4.78, 5) is 24.1. The van der Waals surface area contributed by atoms with Crippen LogP contribution in [-0.4, -0.2) is 18.9 Å². The van der Waals surface area contributed by atoms with E-state index in [1.165, 1.54) is 7.11 Å². The average Bonchev–Trinajstić information content (AvgIpc) is 2.51. The molecule has 0 aromatic heterocycles. The van der Waals surface area contributed by atoms with Gasteiger partial charge in [-0.1, -0.05) is 28.1 Å². The SMILES string of the molecule is COc1ccc(C)cc1NC(=O)CC(=O)Nc1ccc(C)c(Br)c1. The molecule has 0 radical (unpaired) electrons. The Labute approximate surface area is 149 Å². The topological polar surface area (TPSA) is 67.4 Å². The molecule has 0 aliphatic heterocycles. The fraction of sp³-hybridized carbons (Fsp3) is 0.222. The summed E-state index contributed by atoms with van der Waals surface area (Å²) in [6, 6.07) is 10.9. The lowest BCUT2D eigenvalue weighted by Crippen LogP contribution is -2.21. The second-order valence-corrected chi connectivity index (χ2v) is 6.30. The molecule has 0 spiro atoms. The second kappa shape index (κ2) is 7.97. The molecule has 0 aliphatic rings. The third kappa shape index (κ3) is 4.83. The first-order valence-electron chi connectivity index (χ1n) is 7.39. The molecular formula is C18H19BrN2O3. The molecule has 5 nitrogen and oxygen atoms in total. The van der Waals surface area contributed by atoms with E-state index in [-0.39, 0.29) is 12.3 Å². The third-order valence-corrected chi connectivity index (χ3v) is 4.26. The maximum Gasteiger partial charge on any atom is 0.233 e. The predicted molar refractivity (Wildman–Crippen MR) is 98.5 cm³/mol. The molecule has 24 heavy (non-hydrogen) atoms. The van der Waals surface area contributed by atoms with Gasteiger partial charge in [0.2, 0.25) is 11.8 Å². The smallest absolute Gasteiger partial charge is 0.233 e. The number of methoxy groups -OCH3 is 1. The fourth-order valence-corrected chi connectivity index (χ4v) is 2.51. The minimum absolute atomic E-state index is 0.275. The standard InChI is InChI=1S/C18H19BrN2O3/c1-11-4-7-16(24-3)15(8-11)21-18(23)10-17(22)20-13-6-5-12(2)14(19)9-13/h4-9H,10H2,1-3H3,(H,20,22)(H,21,23). The van der Waals surface area contributed by atoms with Crippen LogP contribution in [0.1, 0.15) is 17.5 Å². The van der Waals surface area contributed by atoms with Crippen LogP contribution in [0.4, 0.5) is 11.4 Å². The van der Waals surface area contributed by atoms with Crippen molar-refractivity contribution in [1.82, 2.24) is 0 Å². The highest BCUT2D eigenvalue weighted by molar-refractivity contribution is 9.10. The van der Waals surface area contributed by atoms with Gasteiger partial charge in [-0.2, -0.15) is 0 Å². The van der Waals surface area contributed by atoms with Gasteiger partial charge in [0.1, 0.15) is 12.2 Å². The van der Waals surface area contributed by atoms with Gasteiger partial charge in [0.15, 0.2) is 0 Å². The van der Waals surface area contributed by atoms with Gasteiger partial charge in [0, 0.05) is 10.2 Å². The van der Waals surface area contributed by atoms with E-state index in [9.17, 15) is 9.59 Å². The van der Waals surface area contributed by atoms with Crippen LogP contribution >= 0.6 is 15.9 Å². The molecule has 0 aliphatic carbocycles. The lowest BCUT2D eigenvalue weighted by molar-refractivity contribution is -0.123. The molecule has 2 aromatic carbocycles. The number of hydrogen-bond donors (Lipinski definition) is 2. The minimum atomic E-state index is -0.400. The molecule has 2 rings (SSSR count). The zero-order valence-corrected chi connectivity index (χ0v) is 15.4. The number of benzene rings is 2. The largest absolute Gasteiger partial charge is 0.495 e. The Morgan fingerprint density at radius 2 is 1.75 bits per heavy atom. The number of amides is 2. The Morgan fingerprint density at radius 3 is 2.42 bits per heavy atom. The van der Waals surface area contributed by atoms with E-state index in [0.717, 1.165) is 15.6 Å². The van der Waals surface area contributed by atoms with Crippen molar-refractivity contribution in [3.05, 3.63) is 52.0 Å². The Morgan fingerprint density at radius 1 is 1.04 bits per heavy atom. The van der Waals surface area contributed by atoms with Gasteiger partial charge in [-0.05, 0) is 49.2 Å². The van der Waals surface area contributed by atoms with Gasteiger partial charge in [0.05, 0.1) is 12.8 Å². The highest BCUT2D eigenvalue weighted by atomic mass is 79.9. The summed E-state index contributed by atoms with van der Waals surface area (Å²) in [5.41, 5.74) is 3.24. The van der Waals surface area contributed by atoms with Crippen molar-refractivity contribution < 1.29 is 14.3 Å². The molecule has 0 heterocycles. The van der Waals surface area contributed by atoms with Crippen LogP contribution in [-0.2, 0) is 9.59 Å². The predicted octanol–water partition coefficient (Wildman–Crippen LogP) is 4.04. The monoisotopic (exact) mass is 390 g/mol. The van der Waals surface area contributed by atoms with Crippen molar-refractivity contribution in [2.45, 2.75) is 20.3 Å². The highest BCUT2D eigenvalue weighted by Gasteiger charge is 2.13. The van der Waals surface area contributed by atoms with Gasteiger partial charge < -0.3 is 15.4 Å². The zero-order chi connectivity index (χ0) is 17.7. The van der Waals surface area contributed by atoms with Crippen molar-refractivity contribution in [1.29, 1.82) is 0 Å². The van der Waals surface area contributed by atoms with Crippen LogP contribution in [0.3, 0.4) is 0 Å². The summed E-state index contributed by atoms with van der Waals surface area (Å²) in [5, 5.41) is 5.41. The van der Waals surface area contributed by atoms with Crippen molar-refractivity contribution in [3.63, 3.8) is 0 Å². The van der Waals surface area contributed by atoms with E-state index in [1.807, 2.05) is 26.0 Å². The Balaban J connectivity index is 1.98. The molecule has 6 heteroatoms. The van der Waals surface area contributed by atoms with Crippen molar-refractivity contribution in [2.75, 3.05) is 17.7 Å². The second-order valence-electron chi connectivity index (χ2n) is 5.44. The molecule has 0 fully saturated rings. The quantitative estimate of drug-likeness (QED) is 0.756. The zero-order valence-electron chi connectivity index (χ0n) is 13.8. The molecule has 2 N–H and O–H groups in total. The molecule has 2 aromatic rings. The number of anilines is 2. The number of ether oxygens (including phenoxy) is 1. The Bertz CT molecular complexity index is 775. The maximum absolute atomic E-state index is 12.1. The molecular weight excluding hydrogens is 372 g/mol. The van der Waals surface area contributed by atoms with Crippen LogP contribution in [0.15, 0.2) is 40.9 Å². The van der Waals surface area contributed by atoms with Crippen molar-refractivity contribution in [3.8, 4) is 5.75 Å². The molecule has 0 bridgehead atoms. The number of halogens is 1. The number of hydrogen-bond acceptors (Lipinski definition) is 3. The summed E-state index contributed by atoms with van der Waals surface area (Å²) in [7, 11) is 1.53. The lowest BCUT2D eigenvalue weighted by Gasteiger charge is -2.11. The molecule has 2 amide bonds. The Kier molecular flexibility index (Phi) is 5.98. The number of carbonyl (C=O) groups excluding carboxylic acids is 2. The van der Waals surface area contributed by atoms with Crippen LogP contribution < -0.4 is 15.4 Å². The summed E-state index contributed by atoms with van der Waals surface area (Å²) in [5.74, 6) is -0.228. The van der Waals surface area contributed by atoms with Gasteiger partial charge in [-0.15, -0.1) is 0 Å². The van der Waals surface area contributed by atoms with Gasteiger partial charge in [-0.25, -0.2) is 0 Å². The number of carbonyl (C=O) groups is 2. The van der Waals surface area contributed by atoms with E-state index in [4.69, 9.17) is 4.74 Å². The summed E-state index contributed by atoms with van der Waals surface area (Å²) in [6.07, 6.45) is -0.275. The van der Waals surface area contributed by atoms with E-state index in [1.54, 1.807) is 24.3 Å². The van der Waals surface area contributed by atoms with E-state index < -0.39 is 5.91 Å². The average molecular weight is 391 g/mol. The van der Waals surface area contributed by atoms with Crippen molar-refractivity contribution in [2.24, 2.45) is 0 Å². The first-order valence-corrected chi connectivity index (χ1v) is 8.19. The fourth-order valence-electron chi connectivity index (χ4n) is 2.14. The highest BCUT2D eigenvalue weighted by Crippen LogP contribution is 2.25. The summed E-state index contributed by atoms with van der Waals surface area (Å²) < 4.78 is 6.10. The molecule has 0 saturated carbocycles. The van der Waals surface area contributed by atoms with E-state index >= 15 is 0 Å². The summed E-state index contributed by atoms with van der Waals surface area (Å²) in [6.45, 7) is 3.87. The number of nitrogens with one attached hydrogen (secondary N) is 2. The normalized spacial score (nSPS) is 10.2.